The van der Waals surface area contributed by atoms with E-state index in [1.807, 2.05) is 6.07 Å². The van der Waals surface area contributed by atoms with Crippen LogP contribution in [0.2, 0.25) is 0 Å². The molecule has 0 aliphatic rings. The first-order chi connectivity index (χ1) is 9.04. The summed E-state index contributed by atoms with van der Waals surface area (Å²) in [6.45, 7) is 0.747. The zero-order valence-electron chi connectivity index (χ0n) is 10.8. The Bertz CT molecular complexity index is 457. The number of imide groups is 1. The van der Waals surface area contributed by atoms with Crippen LogP contribution in [0.5, 0.6) is 0 Å². The molecule has 1 aromatic carbocycles. The van der Waals surface area contributed by atoms with Gasteiger partial charge in [-0.1, -0.05) is 30.3 Å². The lowest BCUT2D eigenvalue weighted by molar-refractivity contribution is -0.145. The number of nitrogens with zero attached hydrogens (tertiary/aromatic N) is 1. The van der Waals surface area contributed by atoms with Crippen LogP contribution >= 0.6 is 0 Å². The van der Waals surface area contributed by atoms with Crippen LogP contribution < -0.4 is 0 Å². The maximum absolute atomic E-state index is 11.7. The topological polar surface area (TPSA) is 72.9 Å². The molecule has 0 N–H and O–H groups in total. The van der Waals surface area contributed by atoms with Gasteiger partial charge in [-0.3, -0.25) is 9.59 Å². The molecule has 6 nitrogen and oxygen atoms in total. The molecule has 0 aliphatic carbocycles. The molecule has 0 saturated heterocycles. The molecule has 0 atom stereocenters. The highest BCUT2D eigenvalue weighted by atomic mass is 16.6. The summed E-state index contributed by atoms with van der Waals surface area (Å²) >= 11 is 0. The molecule has 19 heavy (non-hydrogen) atoms. The summed E-state index contributed by atoms with van der Waals surface area (Å²) in [7, 11) is 1.18. The van der Waals surface area contributed by atoms with Crippen molar-refractivity contribution in [2.75, 3.05) is 13.7 Å². The molecule has 102 valence electrons. The lowest BCUT2D eigenvalue weighted by atomic mass is 10.2. The molecule has 1 rings (SSSR count). The van der Waals surface area contributed by atoms with E-state index in [1.165, 1.54) is 14.0 Å². The normalized spacial score (nSPS) is 9.58. The van der Waals surface area contributed by atoms with Gasteiger partial charge in [0.25, 0.3) is 0 Å². The maximum atomic E-state index is 11.7. The summed E-state index contributed by atoms with van der Waals surface area (Å²) in [5.41, 5.74) is 0.789. The highest BCUT2D eigenvalue weighted by Crippen LogP contribution is 2.04. The van der Waals surface area contributed by atoms with Crippen molar-refractivity contribution < 1.29 is 23.9 Å². The summed E-state index contributed by atoms with van der Waals surface area (Å²) in [6.07, 6.45) is -0.873. The Balaban J connectivity index is 2.58. The second-order valence-electron chi connectivity index (χ2n) is 3.72. The van der Waals surface area contributed by atoms with Crippen LogP contribution in [0, 0.1) is 0 Å². The minimum absolute atomic E-state index is 0.0324. The second-order valence-corrected chi connectivity index (χ2v) is 3.72. The number of amides is 2. The maximum Gasteiger partial charge on any atom is 0.417 e. The Morgan fingerprint density at radius 3 is 2.32 bits per heavy atom. The molecule has 0 heterocycles. The number of carbonyl (C=O) groups excluding carboxylic acids is 3. The van der Waals surface area contributed by atoms with Gasteiger partial charge in [-0.2, -0.15) is 0 Å². The van der Waals surface area contributed by atoms with Crippen LogP contribution in [0.3, 0.4) is 0 Å². The molecule has 0 spiro atoms. The minimum Gasteiger partial charge on any atom is -0.468 e. The van der Waals surface area contributed by atoms with Crippen LogP contribution in [-0.4, -0.2) is 36.5 Å². The predicted octanol–water partition coefficient (Wildman–Crippen LogP) is 1.34. The first kappa shape index (κ1) is 14.7. The van der Waals surface area contributed by atoms with Crippen molar-refractivity contribution in [3.63, 3.8) is 0 Å². The SMILES string of the molecule is COC(=O)CN(C(C)=O)C(=O)OCc1ccccc1. The van der Waals surface area contributed by atoms with Crippen LogP contribution in [0.15, 0.2) is 30.3 Å². The Morgan fingerprint density at radius 1 is 1.16 bits per heavy atom. The Kier molecular flexibility index (Phi) is 5.53. The van der Waals surface area contributed by atoms with E-state index in [9.17, 15) is 14.4 Å². The fourth-order valence-electron chi connectivity index (χ4n) is 1.30. The van der Waals surface area contributed by atoms with Crippen LogP contribution in [0.4, 0.5) is 4.79 Å². The number of methoxy groups -OCH3 is 1. The van der Waals surface area contributed by atoms with Crippen molar-refractivity contribution in [1.29, 1.82) is 0 Å². The number of rotatable bonds is 4. The summed E-state index contributed by atoms with van der Waals surface area (Å²) in [6, 6.07) is 9.02. The first-order valence-electron chi connectivity index (χ1n) is 5.60. The van der Waals surface area contributed by atoms with E-state index in [1.54, 1.807) is 24.3 Å². The molecule has 0 radical (unpaired) electrons. The molecule has 0 saturated carbocycles. The van der Waals surface area contributed by atoms with Crippen molar-refractivity contribution in [3.8, 4) is 0 Å². The number of hydrogen-bond acceptors (Lipinski definition) is 5. The Morgan fingerprint density at radius 2 is 1.79 bits per heavy atom. The van der Waals surface area contributed by atoms with Crippen molar-refractivity contribution in [2.45, 2.75) is 13.5 Å². The van der Waals surface area contributed by atoms with Gasteiger partial charge in [-0.25, -0.2) is 9.69 Å². The quantitative estimate of drug-likeness (QED) is 0.768. The monoisotopic (exact) mass is 265 g/mol. The fourth-order valence-corrected chi connectivity index (χ4v) is 1.30. The number of ether oxygens (including phenoxy) is 2. The third-order valence-electron chi connectivity index (χ3n) is 2.32. The molecule has 0 bridgehead atoms. The average Bonchev–Trinajstić information content (AvgIpc) is 2.42. The number of benzene rings is 1. The van der Waals surface area contributed by atoms with E-state index >= 15 is 0 Å². The van der Waals surface area contributed by atoms with Gasteiger partial charge >= 0.3 is 12.1 Å². The molecule has 0 aromatic heterocycles. The summed E-state index contributed by atoms with van der Waals surface area (Å²) < 4.78 is 9.36. The van der Waals surface area contributed by atoms with Gasteiger partial charge in [0.05, 0.1) is 7.11 Å². The molecule has 0 aliphatic heterocycles. The highest BCUT2D eigenvalue weighted by molar-refractivity contribution is 5.94. The van der Waals surface area contributed by atoms with Crippen molar-refractivity contribution in [2.24, 2.45) is 0 Å². The van der Waals surface area contributed by atoms with E-state index in [0.29, 0.717) is 4.90 Å². The van der Waals surface area contributed by atoms with Crippen LogP contribution in [0.1, 0.15) is 12.5 Å². The standard InChI is InChI=1S/C13H15NO5/c1-10(15)14(8-12(16)18-2)13(17)19-9-11-6-4-3-5-7-11/h3-7H,8-9H2,1-2H3. The largest absolute Gasteiger partial charge is 0.468 e. The molecular weight excluding hydrogens is 250 g/mol. The van der Waals surface area contributed by atoms with Gasteiger partial charge in [-0.15, -0.1) is 0 Å². The molecule has 0 unspecified atom stereocenters. The van der Waals surface area contributed by atoms with E-state index < -0.39 is 24.5 Å². The van der Waals surface area contributed by atoms with Gasteiger partial charge in [0.2, 0.25) is 5.91 Å². The highest BCUT2D eigenvalue weighted by Gasteiger charge is 2.22. The number of carbonyl (C=O) groups is 3. The zero-order valence-corrected chi connectivity index (χ0v) is 10.8. The predicted molar refractivity (Wildman–Crippen MR) is 66.0 cm³/mol. The second kappa shape index (κ2) is 7.15. The smallest absolute Gasteiger partial charge is 0.417 e. The van der Waals surface area contributed by atoms with Crippen molar-refractivity contribution >= 4 is 18.0 Å². The van der Waals surface area contributed by atoms with Crippen molar-refractivity contribution in [1.82, 2.24) is 4.90 Å². The lowest BCUT2D eigenvalue weighted by Gasteiger charge is -2.17. The third kappa shape index (κ3) is 4.79. The minimum atomic E-state index is -0.873. The summed E-state index contributed by atoms with van der Waals surface area (Å²) in [5.74, 6) is -1.27. The Labute approximate surface area is 110 Å². The van der Waals surface area contributed by atoms with Gasteiger partial charge in [0.1, 0.15) is 13.2 Å². The Hall–Kier alpha value is -2.37. The van der Waals surface area contributed by atoms with E-state index in [0.717, 1.165) is 5.56 Å². The molecule has 0 fully saturated rings. The molecule has 6 heteroatoms. The number of esters is 1. The first-order valence-corrected chi connectivity index (χ1v) is 5.60. The number of hydrogen-bond donors (Lipinski definition) is 0. The van der Waals surface area contributed by atoms with E-state index in [2.05, 4.69) is 4.74 Å². The summed E-state index contributed by atoms with van der Waals surface area (Å²) in [5, 5.41) is 0. The van der Waals surface area contributed by atoms with E-state index in [4.69, 9.17) is 4.74 Å². The van der Waals surface area contributed by atoms with Gasteiger partial charge < -0.3 is 9.47 Å². The lowest BCUT2D eigenvalue weighted by Crippen LogP contribution is -2.39. The van der Waals surface area contributed by atoms with Crippen LogP contribution in [0.25, 0.3) is 0 Å². The summed E-state index contributed by atoms with van der Waals surface area (Å²) in [4.78, 5) is 34.7. The van der Waals surface area contributed by atoms with Gasteiger partial charge in [0, 0.05) is 6.92 Å². The van der Waals surface area contributed by atoms with Gasteiger partial charge in [-0.05, 0) is 5.56 Å². The molecule has 2 amide bonds. The van der Waals surface area contributed by atoms with Crippen LogP contribution in [-0.2, 0) is 25.7 Å². The van der Waals surface area contributed by atoms with Gasteiger partial charge in [0.15, 0.2) is 0 Å². The zero-order chi connectivity index (χ0) is 14.3. The molecular formula is C13H15NO5. The average molecular weight is 265 g/mol. The fraction of sp³-hybridized carbons (Fsp3) is 0.308. The third-order valence-corrected chi connectivity index (χ3v) is 2.32. The van der Waals surface area contributed by atoms with Crippen molar-refractivity contribution in [3.05, 3.63) is 35.9 Å². The molecule has 1 aromatic rings. The van der Waals surface area contributed by atoms with E-state index in [-0.39, 0.29) is 6.61 Å².